The first kappa shape index (κ1) is 13.5. The number of carbonyl (C=O) groups is 2. The molecule has 0 atom stereocenters. The Bertz CT molecular complexity index is 538. The molecule has 0 bridgehead atoms. The van der Waals surface area contributed by atoms with E-state index in [0.717, 1.165) is 6.07 Å². The summed E-state index contributed by atoms with van der Waals surface area (Å²) in [4.78, 5) is 30.5. The van der Waals surface area contributed by atoms with Crippen LogP contribution in [0.1, 0.15) is 22.3 Å². The van der Waals surface area contributed by atoms with Gasteiger partial charge in [-0.15, -0.1) is 0 Å². The zero-order valence-electron chi connectivity index (χ0n) is 9.00. The van der Waals surface area contributed by atoms with E-state index in [-0.39, 0.29) is 12.0 Å². The molecule has 1 aromatic rings. The maximum absolute atomic E-state index is 13.5. The molecule has 0 spiro atoms. The molecule has 1 aromatic carbocycles. The molecule has 0 saturated heterocycles. The molecule has 0 aliphatic rings. The first-order valence-electron chi connectivity index (χ1n) is 4.78. The predicted molar refractivity (Wildman–Crippen MR) is 59.7 cm³/mol. The number of nitrogens with zero attached hydrogens (tertiary/aromatic N) is 1. The molecule has 7 heteroatoms. The van der Waals surface area contributed by atoms with E-state index in [0.29, 0.717) is 12.4 Å². The Balaban J connectivity index is 3.31. The number of carbonyl (C=O) groups excluding carboxylic acids is 1. The minimum atomic E-state index is -1.58. The fraction of sp³-hybridized carbons (Fsp3) is 0.0909. The minimum absolute atomic E-state index is 0.0356. The summed E-state index contributed by atoms with van der Waals surface area (Å²) in [5.41, 5.74) is -1.56. The van der Waals surface area contributed by atoms with Gasteiger partial charge in [-0.2, -0.15) is 0 Å². The van der Waals surface area contributed by atoms with Gasteiger partial charge in [0.2, 0.25) is 0 Å². The summed E-state index contributed by atoms with van der Waals surface area (Å²) >= 11 is 0. The van der Waals surface area contributed by atoms with Gasteiger partial charge in [0.05, 0.1) is 4.92 Å². The third-order valence-electron chi connectivity index (χ3n) is 2.07. The molecule has 1 N–H and O–H groups in total. The van der Waals surface area contributed by atoms with Crippen LogP contribution in [0.5, 0.6) is 0 Å². The van der Waals surface area contributed by atoms with Crippen molar-refractivity contribution in [2.75, 3.05) is 0 Å². The number of nitro groups is 1. The number of aromatic carboxylic acids is 1. The molecule has 0 aromatic heterocycles. The largest absolute Gasteiger partial charge is 0.477 e. The highest BCUT2D eigenvalue weighted by atomic mass is 19.1. The van der Waals surface area contributed by atoms with Gasteiger partial charge in [0, 0.05) is 18.1 Å². The van der Waals surface area contributed by atoms with Crippen LogP contribution in [0.4, 0.5) is 10.1 Å². The van der Waals surface area contributed by atoms with Crippen molar-refractivity contribution >= 4 is 24.0 Å². The molecule has 1 rings (SSSR count). The standard InChI is InChI=1S/C11H8FNO5/c12-9-6-8(11(15)16)10(13(17)18)5-7(9)3-1-2-4-14/h1,3-6H,2H2,(H,15,16). The number of nitro benzene ring substituents is 1. The van der Waals surface area contributed by atoms with Gasteiger partial charge in [-0.25, -0.2) is 9.18 Å². The third-order valence-corrected chi connectivity index (χ3v) is 2.07. The molecule has 0 unspecified atom stereocenters. The highest BCUT2D eigenvalue weighted by molar-refractivity contribution is 5.92. The Labute approximate surface area is 101 Å². The average molecular weight is 253 g/mol. The Morgan fingerprint density at radius 2 is 2.17 bits per heavy atom. The van der Waals surface area contributed by atoms with Crippen LogP contribution in [-0.4, -0.2) is 22.3 Å². The highest BCUT2D eigenvalue weighted by Gasteiger charge is 2.22. The zero-order valence-corrected chi connectivity index (χ0v) is 9.00. The van der Waals surface area contributed by atoms with Gasteiger partial charge >= 0.3 is 5.97 Å². The van der Waals surface area contributed by atoms with Gasteiger partial charge in [-0.1, -0.05) is 12.2 Å². The van der Waals surface area contributed by atoms with Crippen molar-refractivity contribution in [1.29, 1.82) is 0 Å². The third kappa shape index (κ3) is 2.97. The van der Waals surface area contributed by atoms with Gasteiger partial charge in [-0.3, -0.25) is 10.1 Å². The fourth-order valence-corrected chi connectivity index (χ4v) is 1.28. The second-order valence-corrected chi connectivity index (χ2v) is 3.26. The first-order valence-corrected chi connectivity index (χ1v) is 4.78. The summed E-state index contributed by atoms with van der Waals surface area (Å²) in [6.07, 6.45) is 3.11. The van der Waals surface area contributed by atoms with E-state index in [4.69, 9.17) is 5.11 Å². The van der Waals surface area contributed by atoms with Crippen LogP contribution in [0, 0.1) is 15.9 Å². The zero-order chi connectivity index (χ0) is 13.7. The molecular formula is C11H8FNO5. The van der Waals surface area contributed by atoms with Gasteiger partial charge < -0.3 is 9.90 Å². The highest BCUT2D eigenvalue weighted by Crippen LogP contribution is 2.24. The lowest BCUT2D eigenvalue weighted by Gasteiger charge is -2.01. The molecule has 0 aliphatic heterocycles. The average Bonchev–Trinajstić information content (AvgIpc) is 2.30. The molecular weight excluding hydrogens is 245 g/mol. The summed E-state index contributed by atoms with van der Waals surface area (Å²) in [5.74, 6) is -2.48. The normalized spacial score (nSPS) is 10.5. The Kier molecular flexibility index (Phi) is 4.25. The number of carboxylic acid groups (broad SMARTS) is 1. The number of allylic oxidation sites excluding steroid dienone is 1. The van der Waals surface area contributed by atoms with E-state index in [1.54, 1.807) is 0 Å². The van der Waals surface area contributed by atoms with Crippen LogP contribution in [0.15, 0.2) is 18.2 Å². The molecule has 0 saturated carbocycles. The summed E-state index contributed by atoms with van der Waals surface area (Å²) in [7, 11) is 0. The quantitative estimate of drug-likeness (QED) is 0.492. The van der Waals surface area contributed by atoms with Gasteiger partial charge in [0.15, 0.2) is 0 Å². The molecule has 94 valence electrons. The van der Waals surface area contributed by atoms with Crippen molar-refractivity contribution in [3.05, 3.63) is 45.3 Å². The number of halogens is 1. The van der Waals surface area contributed by atoms with E-state index < -0.39 is 28.0 Å². The van der Waals surface area contributed by atoms with Crippen LogP contribution in [0.25, 0.3) is 6.08 Å². The lowest BCUT2D eigenvalue weighted by Crippen LogP contribution is -2.04. The maximum atomic E-state index is 13.5. The monoisotopic (exact) mass is 253 g/mol. The second-order valence-electron chi connectivity index (χ2n) is 3.26. The van der Waals surface area contributed by atoms with Crippen LogP contribution in [0.3, 0.4) is 0 Å². The number of hydrogen-bond acceptors (Lipinski definition) is 4. The van der Waals surface area contributed by atoms with Crippen LogP contribution in [0.2, 0.25) is 0 Å². The fourth-order valence-electron chi connectivity index (χ4n) is 1.28. The number of aldehydes is 1. The van der Waals surface area contributed by atoms with Crippen molar-refractivity contribution in [2.45, 2.75) is 6.42 Å². The van der Waals surface area contributed by atoms with Crippen LogP contribution < -0.4 is 0 Å². The van der Waals surface area contributed by atoms with E-state index in [9.17, 15) is 24.1 Å². The molecule has 6 nitrogen and oxygen atoms in total. The van der Waals surface area contributed by atoms with Crippen molar-refractivity contribution < 1.29 is 24.0 Å². The Hall–Kier alpha value is -2.57. The first-order chi connectivity index (χ1) is 8.47. The summed E-state index contributed by atoms with van der Waals surface area (Å²) in [5, 5.41) is 19.4. The molecule has 0 radical (unpaired) electrons. The Morgan fingerprint density at radius 1 is 1.50 bits per heavy atom. The lowest BCUT2D eigenvalue weighted by molar-refractivity contribution is -0.385. The molecule has 18 heavy (non-hydrogen) atoms. The SMILES string of the molecule is O=CCC=Cc1cc([N+](=O)[O-])c(C(=O)O)cc1F. The second kappa shape index (κ2) is 5.67. The summed E-state index contributed by atoms with van der Waals surface area (Å²) < 4.78 is 13.5. The smallest absolute Gasteiger partial charge is 0.342 e. The predicted octanol–water partition coefficient (Wildman–Crippen LogP) is 2.03. The van der Waals surface area contributed by atoms with Crippen molar-refractivity contribution in [3.8, 4) is 0 Å². The summed E-state index contributed by atoms with van der Waals surface area (Å²) in [6, 6.07) is 1.40. The van der Waals surface area contributed by atoms with Crippen LogP contribution in [-0.2, 0) is 4.79 Å². The minimum Gasteiger partial charge on any atom is -0.477 e. The van der Waals surface area contributed by atoms with Crippen molar-refractivity contribution in [2.24, 2.45) is 0 Å². The number of carboxylic acids is 1. The van der Waals surface area contributed by atoms with E-state index in [2.05, 4.69) is 0 Å². The molecule has 0 heterocycles. The molecule has 0 fully saturated rings. The number of hydrogen-bond donors (Lipinski definition) is 1. The van der Waals surface area contributed by atoms with Crippen molar-refractivity contribution in [3.63, 3.8) is 0 Å². The topological polar surface area (TPSA) is 97.5 Å². The Morgan fingerprint density at radius 3 is 2.67 bits per heavy atom. The maximum Gasteiger partial charge on any atom is 0.342 e. The molecule has 0 amide bonds. The van der Waals surface area contributed by atoms with Gasteiger partial charge in [0.25, 0.3) is 5.69 Å². The van der Waals surface area contributed by atoms with E-state index in [1.165, 1.54) is 12.2 Å². The summed E-state index contributed by atoms with van der Waals surface area (Å²) in [6.45, 7) is 0. The number of rotatable bonds is 5. The molecule has 0 aliphatic carbocycles. The van der Waals surface area contributed by atoms with E-state index in [1.807, 2.05) is 0 Å². The van der Waals surface area contributed by atoms with Gasteiger partial charge in [0.1, 0.15) is 17.7 Å². The van der Waals surface area contributed by atoms with Crippen molar-refractivity contribution in [1.82, 2.24) is 0 Å². The number of benzene rings is 1. The lowest BCUT2D eigenvalue weighted by atomic mass is 10.1. The van der Waals surface area contributed by atoms with E-state index >= 15 is 0 Å². The van der Waals surface area contributed by atoms with Crippen LogP contribution >= 0.6 is 0 Å². The van der Waals surface area contributed by atoms with Gasteiger partial charge in [-0.05, 0) is 6.07 Å².